The van der Waals surface area contributed by atoms with Crippen molar-refractivity contribution in [3.63, 3.8) is 0 Å². The number of carbonyl (C=O) groups excluding carboxylic acids is 1. The quantitative estimate of drug-likeness (QED) is 0.653. The molecule has 7 heteroatoms. The summed E-state index contributed by atoms with van der Waals surface area (Å²) in [7, 11) is 0. The zero-order valence-electron chi connectivity index (χ0n) is 17.7. The minimum Gasteiger partial charge on any atom is -0.486 e. The molecule has 0 atom stereocenters. The number of hydrogen-bond donors (Lipinski definition) is 0. The van der Waals surface area contributed by atoms with Crippen molar-refractivity contribution in [3.8, 4) is 11.8 Å². The number of amides is 1. The van der Waals surface area contributed by atoms with Gasteiger partial charge in [0.05, 0.1) is 11.6 Å². The molecular formula is C24H24F2N2O3. The number of hydrogen-bond acceptors (Lipinski definition) is 4. The second kappa shape index (κ2) is 9.17. The minimum atomic E-state index is -0.576. The molecule has 1 amide bonds. The van der Waals surface area contributed by atoms with Gasteiger partial charge in [-0.25, -0.2) is 13.6 Å². The summed E-state index contributed by atoms with van der Waals surface area (Å²) in [4.78, 5) is 13.8. The number of carbonyl (C=O) groups is 1. The van der Waals surface area contributed by atoms with Gasteiger partial charge in [-0.3, -0.25) is 0 Å². The minimum absolute atomic E-state index is 0.0109. The molecule has 0 radical (unpaired) electrons. The Balaban J connectivity index is 1.69. The van der Waals surface area contributed by atoms with E-state index in [1.165, 1.54) is 18.2 Å². The topological polar surface area (TPSA) is 62.6 Å². The highest BCUT2D eigenvalue weighted by Gasteiger charge is 2.24. The van der Waals surface area contributed by atoms with Gasteiger partial charge in [-0.05, 0) is 62.6 Å². The maximum Gasteiger partial charge on any atom is 0.410 e. The lowest BCUT2D eigenvalue weighted by Gasteiger charge is -2.29. The first-order chi connectivity index (χ1) is 14.7. The third-order valence-corrected chi connectivity index (χ3v) is 4.73. The second-order valence-corrected chi connectivity index (χ2v) is 8.26. The molecule has 0 unspecified atom stereocenters. The van der Waals surface area contributed by atoms with Crippen molar-refractivity contribution in [1.29, 1.82) is 5.26 Å². The Labute approximate surface area is 180 Å². The molecule has 0 saturated carbocycles. The van der Waals surface area contributed by atoms with Gasteiger partial charge in [-0.15, -0.1) is 0 Å². The first-order valence-corrected chi connectivity index (χ1v) is 9.94. The molecular weight excluding hydrogens is 402 g/mol. The summed E-state index contributed by atoms with van der Waals surface area (Å²) < 4.78 is 39.2. The molecule has 2 aromatic rings. The Kier molecular flexibility index (Phi) is 6.59. The number of rotatable bonds is 4. The predicted octanol–water partition coefficient (Wildman–Crippen LogP) is 5.44. The largest absolute Gasteiger partial charge is 0.486 e. The zero-order valence-corrected chi connectivity index (χ0v) is 17.7. The highest BCUT2D eigenvalue weighted by Crippen LogP contribution is 2.28. The van der Waals surface area contributed by atoms with E-state index < -0.39 is 17.2 Å². The number of nitriles is 1. The van der Waals surface area contributed by atoms with Gasteiger partial charge < -0.3 is 14.4 Å². The van der Waals surface area contributed by atoms with E-state index in [1.54, 1.807) is 17.0 Å². The van der Waals surface area contributed by atoms with Crippen LogP contribution in [0.4, 0.5) is 13.6 Å². The maximum absolute atomic E-state index is 14.2. The molecule has 3 rings (SSSR count). The van der Waals surface area contributed by atoms with E-state index in [1.807, 2.05) is 32.9 Å². The molecule has 1 aliphatic heterocycles. The van der Waals surface area contributed by atoms with Crippen LogP contribution in [0, 0.1) is 23.0 Å². The summed E-state index contributed by atoms with van der Waals surface area (Å²) in [5.74, 6) is -1.12. The average Bonchev–Trinajstić information content (AvgIpc) is 2.72. The third kappa shape index (κ3) is 5.82. The third-order valence-electron chi connectivity index (χ3n) is 4.73. The standard InChI is InChI=1S/C24H24F2N2O3/c1-24(2,3)31-23(29)28-10-8-17(9-11-28)18-6-7-20(25)22(13-18)30-15-19-5-4-16(14-27)12-21(19)26/h4-8,12-13H,9-11,15H2,1-3H3. The van der Waals surface area contributed by atoms with Crippen LogP contribution in [-0.4, -0.2) is 29.7 Å². The van der Waals surface area contributed by atoms with E-state index in [9.17, 15) is 13.6 Å². The smallest absolute Gasteiger partial charge is 0.410 e. The van der Waals surface area contributed by atoms with Crippen LogP contribution in [0.25, 0.3) is 5.57 Å². The van der Waals surface area contributed by atoms with Crippen LogP contribution >= 0.6 is 0 Å². The summed E-state index contributed by atoms with van der Waals surface area (Å²) in [6.45, 7) is 6.18. The van der Waals surface area contributed by atoms with E-state index in [4.69, 9.17) is 14.7 Å². The van der Waals surface area contributed by atoms with Crippen LogP contribution < -0.4 is 4.74 Å². The average molecular weight is 426 g/mol. The van der Waals surface area contributed by atoms with Crippen LogP contribution in [0.15, 0.2) is 42.5 Å². The highest BCUT2D eigenvalue weighted by molar-refractivity contribution is 5.73. The van der Waals surface area contributed by atoms with Crippen molar-refractivity contribution >= 4 is 11.7 Å². The molecule has 31 heavy (non-hydrogen) atoms. The molecule has 0 bridgehead atoms. The molecule has 0 saturated heterocycles. The first kappa shape index (κ1) is 22.3. The Hall–Kier alpha value is -3.40. The molecule has 0 aromatic heterocycles. The Morgan fingerprint density at radius 1 is 1.16 bits per heavy atom. The SMILES string of the molecule is CC(C)(C)OC(=O)N1CC=C(c2ccc(F)c(OCc3ccc(C#N)cc3F)c2)CC1. The fraction of sp³-hybridized carbons (Fsp3) is 0.333. The zero-order chi connectivity index (χ0) is 22.6. The molecule has 5 nitrogen and oxygen atoms in total. The van der Waals surface area contributed by atoms with Gasteiger partial charge >= 0.3 is 6.09 Å². The fourth-order valence-corrected chi connectivity index (χ4v) is 3.13. The summed E-state index contributed by atoms with van der Waals surface area (Å²) >= 11 is 0. The van der Waals surface area contributed by atoms with E-state index in [-0.39, 0.29) is 29.6 Å². The lowest BCUT2D eigenvalue weighted by Crippen LogP contribution is -2.39. The van der Waals surface area contributed by atoms with Crippen molar-refractivity contribution in [2.45, 2.75) is 39.4 Å². The van der Waals surface area contributed by atoms with Gasteiger partial charge in [0, 0.05) is 18.7 Å². The van der Waals surface area contributed by atoms with Crippen molar-refractivity contribution in [3.05, 3.63) is 70.8 Å². The number of ether oxygens (including phenoxy) is 2. The van der Waals surface area contributed by atoms with Crippen molar-refractivity contribution in [1.82, 2.24) is 4.90 Å². The van der Waals surface area contributed by atoms with Gasteiger partial charge in [0.15, 0.2) is 11.6 Å². The van der Waals surface area contributed by atoms with Crippen molar-refractivity contribution in [2.24, 2.45) is 0 Å². The second-order valence-electron chi connectivity index (χ2n) is 8.26. The van der Waals surface area contributed by atoms with Gasteiger partial charge in [0.1, 0.15) is 18.0 Å². The summed E-state index contributed by atoms with van der Waals surface area (Å²) in [6.07, 6.45) is 2.13. The van der Waals surface area contributed by atoms with Crippen LogP contribution in [-0.2, 0) is 11.3 Å². The van der Waals surface area contributed by atoms with E-state index in [2.05, 4.69) is 0 Å². The molecule has 2 aromatic carbocycles. The molecule has 0 spiro atoms. The Morgan fingerprint density at radius 3 is 2.55 bits per heavy atom. The first-order valence-electron chi connectivity index (χ1n) is 9.94. The number of benzene rings is 2. The molecule has 0 fully saturated rings. The summed E-state index contributed by atoms with van der Waals surface area (Å²) in [6, 6.07) is 10.4. The molecule has 0 aliphatic carbocycles. The molecule has 1 aliphatic rings. The van der Waals surface area contributed by atoms with E-state index >= 15 is 0 Å². The fourth-order valence-electron chi connectivity index (χ4n) is 3.13. The van der Waals surface area contributed by atoms with Crippen LogP contribution in [0.2, 0.25) is 0 Å². The van der Waals surface area contributed by atoms with Crippen molar-refractivity contribution < 1.29 is 23.0 Å². The predicted molar refractivity (Wildman–Crippen MR) is 112 cm³/mol. The Bertz CT molecular complexity index is 1050. The lowest BCUT2D eigenvalue weighted by atomic mass is 9.99. The van der Waals surface area contributed by atoms with Crippen LogP contribution in [0.5, 0.6) is 5.75 Å². The molecule has 1 heterocycles. The van der Waals surface area contributed by atoms with E-state index in [0.717, 1.165) is 17.2 Å². The maximum atomic E-state index is 14.2. The number of nitrogens with zero attached hydrogens (tertiary/aromatic N) is 2. The highest BCUT2D eigenvalue weighted by atomic mass is 19.1. The van der Waals surface area contributed by atoms with Crippen LogP contribution in [0.3, 0.4) is 0 Å². The van der Waals surface area contributed by atoms with Gasteiger partial charge in [-0.2, -0.15) is 5.26 Å². The molecule has 162 valence electrons. The Morgan fingerprint density at radius 2 is 1.94 bits per heavy atom. The van der Waals surface area contributed by atoms with E-state index in [0.29, 0.717) is 19.5 Å². The monoisotopic (exact) mass is 426 g/mol. The van der Waals surface area contributed by atoms with Crippen molar-refractivity contribution in [2.75, 3.05) is 13.1 Å². The van der Waals surface area contributed by atoms with Gasteiger partial charge in [0.2, 0.25) is 0 Å². The summed E-state index contributed by atoms with van der Waals surface area (Å²) in [5.41, 5.74) is 1.63. The lowest BCUT2D eigenvalue weighted by molar-refractivity contribution is 0.0270. The number of halogens is 2. The van der Waals surface area contributed by atoms with Crippen LogP contribution in [0.1, 0.15) is 43.9 Å². The van der Waals surface area contributed by atoms with Gasteiger partial charge in [0.25, 0.3) is 0 Å². The molecule has 0 N–H and O–H groups in total. The summed E-state index contributed by atoms with van der Waals surface area (Å²) in [5, 5.41) is 8.82. The van der Waals surface area contributed by atoms with Gasteiger partial charge in [-0.1, -0.05) is 18.2 Å². The normalized spacial score (nSPS) is 13.9.